The number of aliphatic hydroxyl groups excluding tert-OH is 1. The van der Waals surface area contributed by atoms with Gasteiger partial charge in [-0.2, -0.15) is 13.2 Å². The summed E-state index contributed by atoms with van der Waals surface area (Å²) in [6, 6.07) is 16.3. The Morgan fingerprint density at radius 2 is 1.61 bits per heavy atom. The third kappa shape index (κ3) is 6.28. The molecule has 7 heteroatoms. The monoisotopic (exact) mass is 477 g/mol. The summed E-state index contributed by atoms with van der Waals surface area (Å²) in [7, 11) is 1.54. The first-order valence-corrected chi connectivity index (χ1v) is 11.0. The van der Waals surface area contributed by atoms with Gasteiger partial charge in [0.25, 0.3) is 0 Å². The van der Waals surface area contributed by atoms with Crippen molar-refractivity contribution in [3.05, 3.63) is 87.9 Å². The lowest BCUT2D eigenvalue weighted by molar-refractivity contribution is -0.137. The van der Waals surface area contributed by atoms with Gasteiger partial charge in [0.2, 0.25) is 0 Å². The van der Waals surface area contributed by atoms with E-state index >= 15 is 0 Å². The predicted molar refractivity (Wildman–Crippen MR) is 126 cm³/mol. The average molecular weight is 478 g/mol. The Morgan fingerprint density at radius 3 is 2.21 bits per heavy atom. The summed E-state index contributed by atoms with van der Waals surface area (Å²) in [4.78, 5) is 0. The van der Waals surface area contributed by atoms with Crippen LogP contribution in [0.4, 0.5) is 13.2 Å². The van der Waals surface area contributed by atoms with Crippen molar-refractivity contribution in [1.29, 1.82) is 0 Å². The standard InChI is InChI=1S/C26H27ClF3NO2/c1-16(2)18-6-11-25(33-3)23(13-18)22-10-7-20(26(28,29)30)12-19(22)14-31-15-24(32)17-4-8-21(27)9-5-17/h4-13,16,24,31-32H,14-15H2,1-3H3. The molecule has 3 aromatic carbocycles. The van der Waals surface area contributed by atoms with Gasteiger partial charge in [-0.1, -0.05) is 49.7 Å². The molecule has 0 aliphatic carbocycles. The molecule has 0 aromatic heterocycles. The number of halogens is 4. The Bertz CT molecular complexity index is 1080. The molecule has 0 saturated heterocycles. The van der Waals surface area contributed by atoms with E-state index in [1.54, 1.807) is 31.4 Å². The van der Waals surface area contributed by atoms with Gasteiger partial charge in [-0.05, 0) is 64.6 Å². The largest absolute Gasteiger partial charge is 0.496 e. The second-order valence-electron chi connectivity index (χ2n) is 8.18. The lowest BCUT2D eigenvalue weighted by Gasteiger charge is -2.19. The summed E-state index contributed by atoms with van der Waals surface area (Å²) in [5.74, 6) is 0.835. The lowest BCUT2D eigenvalue weighted by atomic mass is 9.92. The number of rotatable bonds is 8. The van der Waals surface area contributed by atoms with E-state index in [0.29, 0.717) is 27.5 Å². The van der Waals surface area contributed by atoms with Crippen LogP contribution in [0.2, 0.25) is 5.02 Å². The molecule has 1 atom stereocenters. The van der Waals surface area contributed by atoms with Crippen molar-refractivity contribution in [3.8, 4) is 16.9 Å². The molecule has 0 heterocycles. The van der Waals surface area contributed by atoms with Crippen LogP contribution in [0, 0.1) is 0 Å². The van der Waals surface area contributed by atoms with Gasteiger partial charge in [0.05, 0.1) is 18.8 Å². The van der Waals surface area contributed by atoms with E-state index < -0.39 is 17.8 Å². The van der Waals surface area contributed by atoms with Crippen molar-refractivity contribution in [1.82, 2.24) is 5.32 Å². The summed E-state index contributed by atoms with van der Waals surface area (Å²) < 4.78 is 45.8. The zero-order valence-corrected chi connectivity index (χ0v) is 19.5. The normalized spacial score (nSPS) is 12.8. The van der Waals surface area contributed by atoms with Crippen molar-refractivity contribution in [2.24, 2.45) is 0 Å². The molecule has 3 aromatic rings. The van der Waals surface area contributed by atoms with Crippen LogP contribution in [0.3, 0.4) is 0 Å². The van der Waals surface area contributed by atoms with Gasteiger partial charge in [0, 0.05) is 23.7 Å². The van der Waals surface area contributed by atoms with Gasteiger partial charge in [-0.25, -0.2) is 0 Å². The quantitative estimate of drug-likeness (QED) is 0.367. The molecule has 0 amide bonds. The summed E-state index contributed by atoms with van der Waals surface area (Å²) in [6.45, 7) is 4.41. The number of ether oxygens (including phenoxy) is 1. The van der Waals surface area contributed by atoms with Crippen LogP contribution in [0.5, 0.6) is 5.75 Å². The first kappa shape index (κ1) is 25.1. The molecular weight excluding hydrogens is 451 g/mol. The van der Waals surface area contributed by atoms with Crippen LogP contribution < -0.4 is 10.1 Å². The van der Waals surface area contributed by atoms with E-state index in [4.69, 9.17) is 16.3 Å². The van der Waals surface area contributed by atoms with Gasteiger partial charge in [-0.3, -0.25) is 0 Å². The fourth-order valence-corrected chi connectivity index (χ4v) is 3.75. The van der Waals surface area contributed by atoms with Crippen molar-refractivity contribution < 1.29 is 23.0 Å². The van der Waals surface area contributed by atoms with Gasteiger partial charge >= 0.3 is 6.18 Å². The first-order valence-electron chi connectivity index (χ1n) is 10.6. The van der Waals surface area contributed by atoms with Gasteiger partial charge in [-0.15, -0.1) is 0 Å². The molecule has 0 fully saturated rings. The van der Waals surface area contributed by atoms with Crippen LogP contribution in [0.15, 0.2) is 60.7 Å². The number of hydrogen-bond acceptors (Lipinski definition) is 3. The highest BCUT2D eigenvalue weighted by molar-refractivity contribution is 6.30. The van der Waals surface area contributed by atoms with Crippen molar-refractivity contribution >= 4 is 11.6 Å². The number of hydrogen-bond donors (Lipinski definition) is 2. The molecule has 0 bridgehead atoms. The zero-order chi connectivity index (χ0) is 24.2. The highest BCUT2D eigenvalue weighted by Crippen LogP contribution is 2.38. The second-order valence-corrected chi connectivity index (χ2v) is 8.62. The van der Waals surface area contributed by atoms with Gasteiger partial charge in [0.15, 0.2) is 0 Å². The van der Waals surface area contributed by atoms with E-state index in [2.05, 4.69) is 19.2 Å². The topological polar surface area (TPSA) is 41.5 Å². The number of benzene rings is 3. The van der Waals surface area contributed by atoms with Crippen molar-refractivity contribution in [2.45, 2.75) is 38.6 Å². The Morgan fingerprint density at radius 1 is 0.939 bits per heavy atom. The highest BCUT2D eigenvalue weighted by atomic mass is 35.5. The van der Waals surface area contributed by atoms with E-state index in [1.165, 1.54) is 6.07 Å². The molecule has 1 unspecified atom stereocenters. The Hall–Kier alpha value is -2.54. The summed E-state index contributed by atoms with van der Waals surface area (Å²) in [6.07, 6.45) is -5.28. The summed E-state index contributed by atoms with van der Waals surface area (Å²) in [5.41, 5.74) is 2.85. The third-order valence-electron chi connectivity index (χ3n) is 5.52. The van der Waals surface area contributed by atoms with Crippen molar-refractivity contribution in [2.75, 3.05) is 13.7 Å². The molecule has 176 valence electrons. The number of alkyl halides is 3. The molecule has 0 aliphatic rings. The molecule has 3 nitrogen and oxygen atoms in total. The van der Waals surface area contributed by atoms with Crippen LogP contribution in [0.1, 0.15) is 48.1 Å². The predicted octanol–water partition coefficient (Wildman–Crippen LogP) is 6.98. The molecule has 33 heavy (non-hydrogen) atoms. The molecule has 3 rings (SSSR count). The lowest BCUT2D eigenvalue weighted by Crippen LogP contribution is -2.21. The van der Waals surface area contributed by atoms with E-state index in [1.807, 2.05) is 18.2 Å². The van der Waals surface area contributed by atoms with Crippen LogP contribution in [0.25, 0.3) is 11.1 Å². The number of nitrogens with one attached hydrogen (secondary N) is 1. The Kier molecular flexibility index (Phi) is 8.05. The molecule has 2 N–H and O–H groups in total. The minimum absolute atomic E-state index is 0.138. The van der Waals surface area contributed by atoms with Crippen LogP contribution >= 0.6 is 11.6 Å². The van der Waals surface area contributed by atoms with E-state index in [9.17, 15) is 18.3 Å². The molecule has 0 radical (unpaired) electrons. The van der Waals surface area contributed by atoms with E-state index in [-0.39, 0.29) is 19.0 Å². The summed E-state index contributed by atoms with van der Waals surface area (Å²) in [5, 5.41) is 14.1. The van der Waals surface area contributed by atoms with Crippen LogP contribution in [-0.4, -0.2) is 18.8 Å². The maximum absolute atomic E-state index is 13.4. The van der Waals surface area contributed by atoms with Gasteiger partial charge in [0.1, 0.15) is 5.75 Å². The molecule has 0 spiro atoms. The second kappa shape index (κ2) is 10.6. The Labute approximate surface area is 197 Å². The smallest absolute Gasteiger partial charge is 0.416 e. The molecule has 0 saturated carbocycles. The fraction of sp³-hybridized carbons (Fsp3) is 0.308. The molecular formula is C26H27ClF3NO2. The third-order valence-corrected chi connectivity index (χ3v) is 5.77. The number of methoxy groups -OCH3 is 1. The van der Waals surface area contributed by atoms with Gasteiger partial charge < -0.3 is 15.2 Å². The number of aliphatic hydroxyl groups is 1. The SMILES string of the molecule is COc1ccc(C(C)C)cc1-c1ccc(C(F)(F)F)cc1CNCC(O)c1ccc(Cl)cc1. The Balaban J connectivity index is 1.92. The first-order chi connectivity index (χ1) is 15.6. The van der Waals surface area contributed by atoms with Crippen molar-refractivity contribution in [3.63, 3.8) is 0 Å². The average Bonchev–Trinajstić information content (AvgIpc) is 2.78. The minimum Gasteiger partial charge on any atom is -0.496 e. The highest BCUT2D eigenvalue weighted by Gasteiger charge is 2.31. The maximum atomic E-state index is 13.4. The fourth-order valence-electron chi connectivity index (χ4n) is 3.62. The van der Waals surface area contributed by atoms with Crippen LogP contribution in [-0.2, 0) is 12.7 Å². The minimum atomic E-state index is -4.46. The zero-order valence-electron chi connectivity index (χ0n) is 18.7. The maximum Gasteiger partial charge on any atom is 0.416 e. The summed E-state index contributed by atoms with van der Waals surface area (Å²) >= 11 is 5.88. The van der Waals surface area contributed by atoms with E-state index in [0.717, 1.165) is 23.3 Å². The molecule has 0 aliphatic heterocycles.